The van der Waals surface area contributed by atoms with E-state index in [1.807, 2.05) is 30.0 Å². The van der Waals surface area contributed by atoms with Crippen molar-refractivity contribution in [3.8, 4) is 11.1 Å². The minimum atomic E-state index is -3.88. The maximum absolute atomic E-state index is 15.2. The first kappa shape index (κ1) is 37.0. The van der Waals surface area contributed by atoms with Crippen molar-refractivity contribution in [2.75, 3.05) is 57.3 Å². The summed E-state index contributed by atoms with van der Waals surface area (Å²) in [4.78, 5) is 17.0. The molecule has 2 fully saturated rings. The van der Waals surface area contributed by atoms with Gasteiger partial charge in [0.15, 0.2) is 0 Å². The number of hydrogen-bond acceptors (Lipinski definition) is 5. The zero-order valence-electron chi connectivity index (χ0n) is 29.5. The maximum atomic E-state index is 15.2. The molecule has 2 heterocycles. The number of hydrogen-bond donors (Lipinski definition) is 1. The summed E-state index contributed by atoms with van der Waals surface area (Å²) < 4.78 is 43.0. The quantitative estimate of drug-likeness (QED) is 0.159. The smallest absolute Gasteiger partial charge is 0.245 e. The van der Waals surface area contributed by atoms with Gasteiger partial charge in [0, 0.05) is 45.0 Å². The summed E-state index contributed by atoms with van der Waals surface area (Å²) in [6.45, 7) is 9.48. The molecule has 2 saturated heterocycles. The van der Waals surface area contributed by atoms with Gasteiger partial charge in [-0.3, -0.25) is 4.79 Å². The Balaban J connectivity index is 0.995. The fourth-order valence-corrected chi connectivity index (χ4v) is 8.95. The number of piperidine rings is 2. The number of anilines is 1. The third-order valence-electron chi connectivity index (χ3n) is 10.5. The molecule has 5 rings (SSSR count). The number of rotatable bonds is 16. The predicted octanol–water partition coefficient (Wildman–Crippen LogP) is 7.37. The average molecular weight is 691 g/mol. The first-order chi connectivity index (χ1) is 23.8. The van der Waals surface area contributed by atoms with Crippen LogP contribution in [-0.4, -0.2) is 75.9 Å². The molecule has 1 amide bonds. The highest BCUT2D eigenvalue weighted by molar-refractivity contribution is 7.89. The Morgan fingerprint density at radius 3 is 2.08 bits per heavy atom. The van der Waals surface area contributed by atoms with Crippen LogP contribution >= 0.6 is 0 Å². The van der Waals surface area contributed by atoms with Crippen LogP contribution in [0.5, 0.6) is 0 Å². The zero-order valence-corrected chi connectivity index (χ0v) is 30.3. The molecule has 0 aromatic heterocycles. The normalized spacial score (nSPS) is 16.4. The van der Waals surface area contributed by atoms with E-state index in [1.165, 1.54) is 46.8 Å². The molecule has 1 N–H and O–H groups in total. The third-order valence-corrected chi connectivity index (χ3v) is 12.5. The number of carbonyl (C=O) groups excluding carboxylic acids is 1. The molecule has 0 radical (unpaired) electrons. The molecule has 2 aliphatic heterocycles. The van der Waals surface area contributed by atoms with Gasteiger partial charge in [0.25, 0.3) is 0 Å². The van der Waals surface area contributed by atoms with Crippen LogP contribution in [0.1, 0.15) is 70.8 Å². The summed E-state index contributed by atoms with van der Waals surface area (Å²) in [5.41, 5.74) is 4.19. The molecule has 0 unspecified atom stereocenters. The standard InChI is InChI=1S/C40H55FN4O3S/c1-3-42-24-9-25-45(4-2)49(47,48)39-19-18-37(31-38(39)41)43-26-20-32(21-27-43)10-8-11-33-22-28-44(29-23-33)40(46)30-34-14-16-36(17-15-34)35-12-6-5-7-13-35/h5-7,12-19,31-33,42H,3-4,8-11,20-30H2,1-2H3. The predicted molar refractivity (Wildman–Crippen MR) is 198 cm³/mol. The Kier molecular flexibility index (Phi) is 13.7. The minimum absolute atomic E-state index is 0.229. The van der Waals surface area contributed by atoms with Crippen molar-refractivity contribution in [2.45, 2.75) is 76.5 Å². The average Bonchev–Trinajstić information content (AvgIpc) is 3.12. The highest BCUT2D eigenvalue weighted by atomic mass is 32.2. The number of nitrogens with zero attached hydrogens (tertiary/aromatic N) is 3. The lowest BCUT2D eigenvalue weighted by molar-refractivity contribution is -0.131. The molecule has 0 spiro atoms. The van der Waals surface area contributed by atoms with E-state index in [-0.39, 0.29) is 10.8 Å². The minimum Gasteiger partial charge on any atom is -0.371 e. The van der Waals surface area contributed by atoms with E-state index in [1.54, 1.807) is 13.0 Å². The fraction of sp³-hybridized carbons (Fsp3) is 0.525. The number of benzene rings is 3. The summed E-state index contributed by atoms with van der Waals surface area (Å²) in [5.74, 6) is 0.905. The first-order valence-electron chi connectivity index (χ1n) is 18.5. The molecule has 0 aliphatic carbocycles. The van der Waals surface area contributed by atoms with Gasteiger partial charge in [0.2, 0.25) is 15.9 Å². The van der Waals surface area contributed by atoms with E-state index in [2.05, 4.69) is 46.6 Å². The van der Waals surface area contributed by atoms with E-state index >= 15 is 4.39 Å². The number of halogens is 1. The van der Waals surface area contributed by atoms with Crippen molar-refractivity contribution in [3.05, 3.63) is 84.2 Å². The molecule has 3 aromatic rings. The third kappa shape index (κ3) is 10.1. The van der Waals surface area contributed by atoms with Gasteiger partial charge in [-0.2, -0.15) is 4.31 Å². The van der Waals surface area contributed by atoms with Gasteiger partial charge < -0.3 is 15.1 Å². The van der Waals surface area contributed by atoms with Crippen molar-refractivity contribution in [1.82, 2.24) is 14.5 Å². The molecule has 2 aliphatic rings. The van der Waals surface area contributed by atoms with E-state index in [0.29, 0.717) is 37.8 Å². The summed E-state index contributed by atoms with van der Waals surface area (Å²) >= 11 is 0. The van der Waals surface area contributed by atoms with Crippen LogP contribution < -0.4 is 10.2 Å². The maximum Gasteiger partial charge on any atom is 0.245 e. The summed E-state index contributed by atoms with van der Waals surface area (Å²) in [6.07, 6.45) is 9.08. The Morgan fingerprint density at radius 2 is 1.47 bits per heavy atom. The summed E-state index contributed by atoms with van der Waals surface area (Å²) in [6, 6.07) is 23.3. The highest BCUT2D eigenvalue weighted by Gasteiger charge is 2.28. The van der Waals surface area contributed by atoms with Crippen LogP contribution in [0.2, 0.25) is 0 Å². The zero-order chi connectivity index (χ0) is 34.6. The van der Waals surface area contributed by atoms with Crippen LogP contribution in [0.4, 0.5) is 10.1 Å². The van der Waals surface area contributed by atoms with Gasteiger partial charge in [0.05, 0.1) is 6.42 Å². The number of carbonyl (C=O) groups is 1. The molecule has 266 valence electrons. The molecule has 3 aromatic carbocycles. The number of nitrogens with one attached hydrogen (secondary N) is 1. The van der Waals surface area contributed by atoms with Crippen molar-refractivity contribution in [1.29, 1.82) is 0 Å². The van der Waals surface area contributed by atoms with E-state index in [9.17, 15) is 13.2 Å². The molecule has 7 nitrogen and oxygen atoms in total. The second kappa shape index (κ2) is 18.1. The molecule has 0 bridgehead atoms. The van der Waals surface area contributed by atoms with E-state index < -0.39 is 15.8 Å². The van der Waals surface area contributed by atoms with Gasteiger partial charge in [-0.25, -0.2) is 12.8 Å². The summed E-state index contributed by atoms with van der Waals surface area (Å²) in [7, 11) is -3.88. The lowest BCUT2D eigenvalue weighted by Crippen LogP contribution is -2.39. The van der Waals surface area contributed by atoms with Crippen LogP contribution in [-0.2, 0) is 21.2 Å². The molecule has 0 saturated carbocycles. The van der Waals surface area contributed by atoms with Crippen molar-refractivity contribution in [2.24, 2.45) is 11.8 Å². The lowest BCUT2D eigenvalue weighted by atomic mass is 9.86. The topological polar surface area (TPSA) is 73.0 Å². The molecular weight excluding hydrogens is 636 g/mol. The van der Waals surface area contributed by atoms with Gasteiger partial charge in [-0.05, 0) is 91.9 Å². The van der Waals surface area contributed by atoms with Crippen molar-refractivity contribution in [3.63, 3.8) is 0 Å². The van der Waals surface area contributed by atoms with Crippen molar-refractivity contribution < 1.29 is 17.6 Å². The van der Waals surface area contributed by atoms with Gasteiger partial charge in [-0.1, -0.05) is 87.7 Å². The molecule has 9 heteroatoms. The van der Waals surface area contributed by atoms with Gasteiger partial charge in [-0.15, -0.1) is 0 Å². The van der Waals surface area contributed by atoms with Crippen LogP contribution in [0, 0.1) is 17.7 Å². The number of sulfonamides is 1. The van der Waals surface area contributed by atoms with Gasteiger partial charge in [0.1, 0.15) is 10.7 Å². The Hall–Kier alpha value is -3.27. The van der Waals surface area contributed by atoms with E-state index in [0.717, 1.165) is 76.2 Å². The molecule has 49 heavy (non-hydrogen) atoms. The van der Waals surface area contributed by atoms with E-state index in [4.69, 9.17) is 0 Å². The second-order valence-electron chi connectivity index (χ2n) is 13.7. The van der Waals surface area contributed by atoms with Gasteiger partial charge >= 0.3 is 0 Å². The highest BCUT2D eigenvalue weighted by Crippen LogP contribution is 2.31. The molecular formula is C40H55FN4O3S. The van der Waals surface area contributed by atoms with Crippen molar-refractivity contribution >= 4 is 21.6 Å². The molecule has 0 atom stereocenters. The van der Waals surface area contributed by atoms with Crippen LogP contribution in [0.15, 0.2) is 77.7 Å². The largest absolute Gasteiger partial charge is 0.371 e. The Morgan fingerprint density at radius 1 is 0.837 bits per heavy atom. The summed E-state index contributed by atoms with van der Waals surface area (Å²) in [5, 5.41) is 3.21. The first-order valence-corrected chi connectivity index (χ1v) is 19.9. The second-order valence-corrected chi connectivity index (χ2v) is 15.7. The SMILES string of the molecule is CCNCCCN(CC)S(=O)(=O)c1ccc(N2CCC(CCCC3CCN(C(=O)Cc4ccc(-c5ccccc5)cc4)CC3)CC2)cc1F. The van der Waals surface area contributed by atoms with Crippen LogP contribution in [0.3, 0.4) is 0 Å². The Labute approximate surface area is 293 Å². The lowest BCUT2D eigenvalue weighted by Gasteiger charge is -2.35. The monoisotopic (exact) mass is 690 g/mol. The Bertz CT molecular complexity index is 1570. The number of likely N-dealkylation sites (tertiary alicyclic amines) is 1. The van der Waals surface area contributed by atoms with Crippen LogP contribution in [0.25, 0.3) is 11.1 Å². The number of amides is 1. The fourth-order valence-electron chi connectivity index (χ4n) is 7.42.